The van der Waals surface area contributed by atoms with Crippen molar-refractivity contribution < 1.29 is 35.9 Å². The number of piperazine rings is 1. The van der Waals surface area contributed by atoms with Crippen molar-refractivity contribution in [3.8, 4) is 0 Å². The monoisotopic (exact) mass is 451 g/mol. The van der Waals surface area contributed by atoms with Crippen molar-refractivity contribution >= 4 is 11.9 Å². The van der Waals surface area contributed by atoms with Crippen molar-refractivity contribution in [1.29, 1.82) is 0 Å². The van der Waals surface area contributed by atoms with E-state index in [1.807, 2.05) is 0 Å². The van der Waals surface area contributed by atoms with Crippen LogP contribution in [0.25, 0.3) is 0 Å². The van der Waals surface area contributed by atoms with Crippen LogP contribution in [0.2, 0.25) is 0 Å². The highest BCUT2D eigenvalue weighted by atomic mass is 19.4. The summed E-state index contributed by atoms with van der Waals surface area (Å²) in [7, 11) is 0. The van der Waals surface area contributed by atoms with Crippen LogP contribution in [-0.4, -0.2) is 42.1 Å². The van der Waals surface area contributed by atoms with Crippen LogP contribution in [0.1, 0.15) is 44.2 Å². The SMILES string of the molecule is C[C@@H]1C(=O)NCCN1C(=O)N[C@@H](c1cc(F)c(F)c(F)c1)C1CCC(C(F)(F)F)CC1. The number of alkyl halides is 3. The Morgan fingerprint density at radius 2 is 1.71 bits per heavy atom. The summed E-state index contributed by atoms with van der Waals surface area (Å²) in [4.78, 5) is 25.9. The maximum absolute atomic E-state index is 13.9. The summed E-state index contributed by atoms with van der Waals surface area (Å²) in [5.41, 5.74) is -0.0747. The second-order valence-electron chi connectivity index (χ2n) is 8.04. The molecule has 2 aliphatic rings. The van der Waals surface area contributed by atoms with E-state index in [0.29, 0.717) is 0 Å². The second kappa shape index (κ2) is 8.96. The molecule has 1 aliphatic heterocycles. The van der Waals surface area contributed by atoms with E-state index in [9.17, 15) is 35.9 Å². The van der Waals surface area contributed by atoms with E-state index >= 15 is 0 Å². The van der Waals surface area contributed by atoms with E-state index in [4.69, 9.17) is 0 Å². The highest BCUT2D eigenvalue weighted by Gasteiger charge is 2.43. The molecule has 0 aromatic heterocycles. The van der Waals surface area contributed by atoms with Gasteiger partial charge in [-0.05, 0) is 56.2 Å². The first kappa shape index (κ1) is 23.2. The molecule has 0 unspecified atom stereocenters. The molecule has 0 spiro atoms. The number of urea groups is 1. The summed E-state index contributed by atoms with van der Waals surface area (Å²) in [6, 6.07) is -1.03. The van der Waals surface area contributed by atoms with Crippen LogP contribution in [0.3, 0.4) is 0 Å². The zero-order chi connectivity index (χ0) is 22.9. The average molecular weight is 451 g/mol. The van der Waals surface area contributed by atoms with Crippen LogP contribution in [0, 0.1) is 29.3 Å². The van der Waals surface area contributed by atoms with Gasteiger partial charge in [0.05, 0.1) is 12.0 Å². The van der Waals surface area contributed by atoms with E-state index < -0.39 is 53.6 Å². The lowest BCUT2D eigenvalue weighted by Crippen LogP contribution is -2.58. The maximum atomic E-state index is 13.9. The molecular weight excluding hydrogens is 428 g/mol. The Morgan fingerprint density at radius 3 is 2.26 bits per heavy atom. The fourth-order valence-corrected chi connectivity index (χ4v) is 4.28. The number of carbonyl (C=O) groups is 2. The Labute approximate surface area is 175 Å². The van der Waals surface area contributed by atoms with Crippen molar-refractivity contribution in [3.05, 3.63) is 35.1 Å². The molecule has 172 valence electrons. The van der Waals surface area contributed by atoms with Gasteiger partial charge in [0.1, 0.15) is 6.04 Å². The van der Waals surface area contributed by atoms with Gasteiger partial charge in [-0.1, -0.05) is 0 Å². The van der Waals surface area contributed by atoms with Gasteiger partial charge in [-0.25, -0.2) is 18.0 Å². The van der Waals surface area contributed by atoms with Crippen molar-refractivity contribution in [2.45, 2.75) is 50.9 Å². The van der Waals surface area contributed by atoms with Crippen LogP contribution < -0.4 is 10.6 Å². The van der Waals surface area contributed by atoms with Gasteiger partial charge >= 0.3 is 12.2 Å². The summed E-state index contributed by atoms with van der Waals surface area (Å²) >= 11 is 0. The summed E-state index contributed by atoms with van der Waals surface area (Å²) in [6.45, 7) is 1.92. The molecule has 5 nitrogen and oxygen atoms in total. The zero-order valence-electron chi connectivity index (χ0n) is 16.7. The zero-order valence-corrected chi connectivity index (χ0v) is 16.7. The predicted molar refractivity (Wildman–Crippen MR) is 98.3 cm³/mol. The lowest BCUT2D eigenvalue weighted by molar-refractivity contribution is -0.184. The number of hydrogen-bond acceptors (Lipinski definition) is 2. The van der Waals surface area contributed by atoms with Crippen LogP contribution in [0.4, 0.5) is 31.1 Å². The molecule has 11 heteroatoms. The first-order chi connectivity index (χ1) is 14.5. The van der Waals surface area contributed by atoms with Gasteiger partial charge in [0.15, 0.2) is 17.5 Å². The van der Waals surface area contributed by atoms with Crippen LogP contribution in [0.5, 0.6) is 0 Å². The number of hydrogen-bond donors (Lipinski definition) is 2. The van der Waals surface area contributed by atoms with Crippen molar-refractivity contribution in [3.63, 3.8) is 0 Å². The van der Waals surface area contributed by atoms with E-state index in [2.05, 4.69) is 10.6 Å². The number of halogens is 6. The molecule has 1 heterocycles. The molecular formula is C20H23F6N3O2. The number of rotatable bonds is 3. The van der Waals surface area contributed by atoms with Crippen LogP contribution >= 0.6 is 0 Å². The Bertz CT molecular complexity index is 816. The lowest BCUT2D eigenvalue weighted by Gasteiger charge is -2.38. The molecule has 2 fully saturated rings. The van der Waals surface area contributed by atoms with E-state index in [0.717, 1.165) is 12.1 Å². The molecule has 1 saturated carbocycles. The Hall–Kier alpha value is -2.46. The van der Waals surface area contributed by atoms with Gasteiger partial charge in [-0.3, -0.25) is 4.79 Å². The highest BCUT2D eigenvalue weighted by Crippen LogP contribution is 2.43. The van der Waals surface area contributed by atoms with Crippen molar-refractivity contribution in [2.24, 2.45) is 11.8 Å². The minimum absolute atomic E-state index is 0.0613. The Balaban J connectivity index is 1.85. The molecule has 1 aromatic carbocycles. The minimum Gasteiger partial charge on any atom is -0.353 e. The predicted octanol–water partition coefficient (Wildman–Crippen LogP) is 4.04. The summed E-state index contributed by atoms with van der Waals surface area (Å²) in [5, 5.41) is 5.22. The van der Waals surface area contributed by atoms with Gasteiger partial charge in [-0.2, -0.15) is 13.2 Å². The van der Waals surface area contributed by atoms with Gasteiger partial charge in [0.25, 0.3) is 0 Å². The van der Waals surface area contributed by atoms with Crippen LogP contribution in [0.15, 0.2) is 12.1 Å². The van der Waals surface area contributed by atoms with E-state index in [1.54, 1.807) is 0 Å². The first-order valence-electron chi connectivity index (χ1n) is 10.0. The molecule has 3 amide bonds. The maximum Gasteiger partial charge on any atom is 0.391 e. The normalized spacial score (nSPS) is 25.7. The number of amides is 3. The molecule has 1 aromatic rings. The Morgan fingerprint density at radius 1 is 1.13 bits per heavy atom. The smallest absolute Gasteiger partial charge is 0.353 e. The van der Waals surface area contributed by atoms with Gasteiger partial charge in [0.2, 0.25) is 5.91 Å². The first-order valence-corrected chi connectivity index (χ1v) is 10.0. The lowest BCUT2D eigenvalue weighted by atomic mass is 9.76. The second-order valence-corrected chi connectivity index (χ2v) is 8.04. The molecule has 0 radical (unpaired) electrons. The molecule has 2 atom stereocenters. The fraction of sp³-hybridized carbons (Fsp3) is 0.600. The number of carbonyl (C=O) groups excluding carboxylic acids is 2. The number of nitrogens with zero attached hydrogens (tertiary/aromatic N) is 1. The topological polar surface area (TPSA) is 61.4 Å². The third-order valence-electron chi connectivity index (χ3n) is 6.11. The third-order valence-corrected chi connectivity index (χ3v) is 6.11. The largest absolute Gasteiger partial charge is 0.391 e. The van der Waals surface area contributed by atoms with Gasteiger partial charge in [0, 0.05) is 13.1 Å². The van der Waals surface area contributed by atoms with Crippen molar-refractivity contribution in [2.75, 3.05) is 13.1 Å². The molecule has 31 heavy (non-hydrogen) atoms. The molecule has 0 bridgehead atoms. The Kier molecular flexibility index (Phi) is 6.70. The van der Waals surface area contributed by atoms with Crippen LogP contribution in [-0.2, 0) is 4.79 Å². The summed E-state index contributed by atoms with van der Waals surface area (Å²) in [5.74, 6) is -6.97. The van der Waals surface area contributed by atoms with E-state index in [1.165, 1.54) is 11.8 Å². The molecule has 1 saturated heterocycles. The third kappa shape index (κ3) is 5.07. The van der Waals surface area contributed by atoms with Gasteiger partial charge < -0.3 is 15.5 Å². The average Bonchev–Trinajstić information content (AvgIpc) is 2.71. The summed E-state index contributed by atoms with van der Waals surface area (Å²) in [6.07, 6.45) is -4.59. The quantitative estimate of drug-likeness (QED) is 0.538. The highest BCUT2D eigenvalue weighted by molar-refractivity contribution is 5.88. The van der Waals surface area contributed by atoms with E-state index in [-0.39, 0.29) is 50.2 Å². The van der Waals surface area contributed by atoms with Gasteiger partial charge in [-0.15, -0.1) is 0 Å². The molecule has 1 aliphatic carbocycles. The van der Waals surface area contributed by atoms with Crippen molar-refractivity contribution in [1.82, 2.24) is 15.5 Å². The number of benzene rings is 1. The fourth-order valence-electron chi connectivity index (χ4n) is 4.28. The standard InChI is InChI=1S/C20H23F6N3O2/c1-10-18(30)27-6-7-29(10)19(31)28-17(12-8-14(21)16(23)15(22)9-12)11-2-4-13(5-3-11)20(24,25)26/h8-11,13,17H,2-7H2,1H3,(H,27,30)(H,28,31)/t10-,11?,13?,17-/m1/s1. The minimum atomic E-state index is -4.34. The summed E-state index contributed by atoms with van der Waals surface area (Å²) < 4.78 is 80.2. The molecule has 3 rings (SSSR count). The molecule has 2 N–H and O–H groups in total. The number of nitrogens with one attached hydrogen (secondary N) is 2.